The Kier molecular flexibility index (Phi) is 4.65. The number of nitrogens with zero attached hydrogens (tertiary/aromatic N) is 1. The van der Waals surface area contributed by atoms with Crippen LogP contribution in [-0.4, -0.2) is 12.1 Å². The van der Waals surface area contributed by atoms with E-state index in [1.165, 1.54) is 0 Å². The van der Waals surface area contributed by atoms with Gasteiger partial charge in [0.2, 0.25) is 0 Å². The zero-order valence-corrected chi connectivity index (χ0v) is 13.7. The zero-order valence-electron chi connectivity index (χ0n) is 12.2. The number of aromatic nitrogens is 1. The lowest BCUT2D eigenvalue weighted by Gasteiger charge is -2.14. The summed E-state index contributed by atoms with van der Waals surface area (Å²) in [7, 11) is 1.68. The number of rotatable bonds is 4. The molecule has 3 nitrogen and oxygen atoms in total. The van der Waals surface area contributed by atoms with Gasteiger partial charge < -0.3 is 9.47 Å². The molecule has 0 saturated carbocycles. The Hall–Kier alpha value is -1.55. The molecule has 2 rings (SSSR count). The van der Waals surface area contributed by atoms with Gasteiger partial charge in [0.25, 0.3) is 0 Å². The number of ether oxygens (including phenoxy) is 2. The van der Waals surface area contributed by atoms with Gasteiger partial charge in [0.15, 0.2) is 0 Å². The summed E-state index contributed by atoms with van der Waals surface area (Å²) in [6.45, 7) is 6.45. The van der Waals surface area contributed by atoms with Crippen LogP contribution in [0.5, 0.6) is 11.5 Å². The standard InChI is InChI=1S/C16H18BrNO2/c1-10-5-6-13(17)7-15(10)20-9-14-12(3)16(19-4)11(2)8-18-14/h5-8H,9H2,1-4H3. The number of methoxy groups -OCH3 is 1. The normalized spacial score (nSPS) is 10.4. The van der Waals surface area contributed by atoms with Gasteiger partial charge in [-0.05, 0) is 38.5 Å². The fourth-order valence-electron chi connectivity index (χ4n) is 2.09. The van der Waals surface area contributed by atoms with E-state index in [0.717, 1.165) is 38.4 Å². The first-order valence-electron chi connectivity index (χ1n) is 6.41. The van der Waals surface area contributed by atoms with Crippen molar-refractivity contribution in [1.29, 1.82) is 0 Å². The third kappa shape index (κ3) is 3.12. The summed E-state index contributed by atoms with van der Waals surface area (Å²) in [5, 5.41) is 0. The predicted molar refractivity (Wildman–Crippen MR) is 83.5 cm³/mol. The van der Waals surface area contributed by atoms with Crippen molar-refractivity contribution in [2.45, 2.75) is 27.4 Å². The van der Waals surface area contributed by atoms with Crippen LogP contribution in [-0.2, 0) is 6.61 Å². The Balaban J connectivity index is 2.21. The highest BCUT2D eigenvalue weighted by molar-refractivity contribution is 9.10. The van der Waals surface area contributed by atoms with E-state index in [2.05, 4.69) is 20.9 Å². The molecule has 0 atom stereocenters. The molecule has 106 valence electrons. The van der Waals surface area contributed by atoms with Gasteiger partial charge in [0.1, 0.15) is 18.1 Å². The predicted octanol–water partition coefficient (Wildman–Crippen LogP) is 4.36. The number of benzene rings is 1. The second-order valence-corrected chi connectivity index (χ2v) is 5.66. The zero-order chi connectivity index (χ0) is 14.7. The summed E-state index contributed by atoms with van der Waals surface area (Å²) in [5.74, 6) is 1.74. The van der Waals surface area contributed by atoms with Gasteiger partial charge in [-0.1, -0.05) is 22.0 Å². The first-order valence-corrected chi connectivity index (χ1v) is 7.20. The van der Waals surface area contributed by atoms with Crippen LogP contribution in [0.1, 0.15) is 22.4 Å². The quantitative estimate of drug-likeness (QED) is 0.831. The summed E-state index contributed by atoms with van der Waals surface area (Å²) < 4.78 is 12.3. The van der Waals surface area contributed by atoms with E-state index in [4.69, 9.17) is 9.47 Å². The molecule has 1 heterocycles. The van der Waals surface area contributed by atoms with Crippen molar-refractivity contribution in [3.8, 4) is 11.5 Å². The molecule has 2 aromatic rings. The first kappa shape index (κ1) is 14.9. The molecular formula is C16H18BrNO2. The third-order valence-electron chi connectivity index (χ3n) is 3.26. The van der Waals surface area contributed by atoms with Crippen LogP contribution in [0.15, 0.2) is 28.9 Å². The Labute approximate surface area is 128 Å². The molecule has 0 aliphatic rings. The summed E-state index contributed by atoms with van der Waals surface area (Å²) in [4.78, 5) is 4.44. The average Bonchev–Trinajstić information content (AvgIpc) is 2.42. The van der Waals surface area contributed by atoms with Gasteiger partial charge in [-0.3, -0.25) is 4.98 Å². The second kappa shape index (κ2) is 6.27. The first-order chi connectivity index (χ1) is 9.52. The van der Waals surface area contributed by atoms with Crippen LogP contribution in [0.3, 0.4) is 0 Å². The van der Waals surface area contributed by atoms with Gasteiger partial charge in [-0.2, -0.15) is 0 Å². The Morgan fingerprint density at radius 1 is 1.15 bits per heavy atom. The molecule has 0 unspecified atom stereocenters. The smallest absolute Gasteiger partial charge is 0.131 e. The maximum atomic E-state index is 5.88. The van der Waals surface area contributed by atoms with E-state index in [9.17, 15) is 0 Å². The summed E-state index contributed by atoms with van der Waals surface area (Å²) in [6, 6.07) is 5.99. The lowest BCUT2D eigenvalue weighted by molar-refractivity contribution is 0.296. The van der Waals surface area contributed by atoms with Crippen molar-refractivity contribution >= 4 is 15.9 Å². The second-order valence-electron chi connectivity index (χ2n) is 4.74. The molecular weight excluding hydrogens is 318 g/mol. The van der Waals surface area contributed by atoms with Gasteiger partial charge in [-0.15, -0.1) is 0 Å². The van der Waals surface area contributed by atoms with Crippen LogP contribution in [0.4, 0.5) is 0 Å². The van der Waals surface area contributed by atoms with E-state index in [-0.39, 0.29) is 0 Å². The molecule has 0 spiro atoms. The van der Waals surface area contributed by atoms with Crippen molar-refractivity contribution in [3.63, 3.8) is 0 Å². The molecule has 0 N–H and O–H groups in total. The minimum atomic E-state index is 0.430. The number of hydrogen-bond donors (Lipinski definition) is 0. The Bertz CT molecular complexity index is 626. The molecule has 4 heteroatoms. The van der Waals surface area contributed by atoms with E-state index in [1.54, 1.807) is 7.11 Å². The molecule has 0 aliphatic heterocycles. The molecule has 0 fully saturated rings. The number of aryl methyl sites for hydroxylation is 2. The summed E-state index contributed by atoms with van der Waals surface area (Å²) >= 11 is 3.45. The Morgan fingerprint density at radius 2 is 1.90 bits per heavy atom. The highest BCUT2D eigenvalue weighted by Crippen LogP contribution is 2.27. The highest BCUT2D eigenvalue weighted by Gasteiger charge is 2.10. The minimum Gasteiger partial charge on any atom is -0.496 e. The van der Waals surface area contributed by atoms with Crippen LogP contribution in [0, 0.1) is 20.8 Å². The van der Waals surface area contributed by atoms with Crippen molar-refractivity contribution in [1.82, 2.24) is 4.98 Å². The van der Waals surface area contributed by atoms with Crippen LogP contribution in [0.25, 0.3) is 0 Å². The molecule has 1 aromatic carbocycles. The van der Waals surface area contributed by atoms with E-state index in [1.807, 2.05) is 45.2 Å². The lowest BCUT2D eigenvalue weighted by Crippen LogP contribution is -2.04. The van der Waals surface area contributed by atoms with Crippen molar-refractivity contribution in [2.75, 3.05) is 7.11 Å². The van der Waals surface area contributed by atoms with Gasteiger partial charge in [0.05, 0.1) is 12.8 Å². The molecule has 1 aromatic heterocycles. The van der Waals surface area contributed by atoms with E-state index >= 15 is 0 Å². The van der Waals surface area contributed by atoms with Crippen LogP contribution in [0.2, 0.25) is 0 Å². The molecule has 0 radical (unpaired) electrons. The molecule has 0 bridgehead atoms. The van der Waals surface area contributed by atoms with Crippen molar-refractivity contribution < 1.29 is 9.47 Å². The fourth-order valence-corrected chi connectivity index (χ4v) is 2.43. The summed E-state index contributed by atoms with van der Waals surface area (Å²) in [6.07, 6.45) is 1.82. The Morgan fingerprint density at radius 3 is 2.60 bits per heavy atom. The molecule has 0 saturated heterocycles. The third-order valence-corrected chi connectivity index (χ3v) is 3.76. The van der Waals surface area contributed by atoms with Crippen LogP contribution < -0.4 is 9.47 Å². The molecule has 0 aliphatic carbocycles. The monoisotopic (exact) mass is 335 g/mol. The van der Waals surface area contributed by atoms with Gasteiger partial charge >= 0.3 is 0 Å². The topological polar surface area (TPSA) is 31.4 Å². The molecule has 0 amide bonds. The number of hydrogen-bond acceptors (Lipinski definition) is 3. The maximum Gasteiger partial charge on any atom is 0.131 e. The number of halogens is 1. The minimum absolute atomic E-state index is 0.430. The largest absolute Gasteiger partial charge is 0.496 e. The average molecular weight is 336 g/mol. The fraction of sp³-hybridized carbons (Fsp3) is 0.312. The SMILES string of the molecule is COc1c(C)cnc(COc2cc(Br)ccc2C)c1C. The number of pyridine rings is 1. The van der Waals surface area contributed by atoms with E-state index in [0.29, 0.717) is 6.61 Å². The van der Waals surface area contributed by atoms with E-state index < -0.39 is 0 Å². The van der Waals surface area contributed by atoms with Crippen molar-refractivity contribution in [3.05, 3.63) is 51.3 Å². The molecule has 20 heavy (non-hydrogen) atoms. The van der Waals surface area contributed by atoms with Crippen LogP contribution >= 0.6 is 15.9 Å². The highest BCUT2D eigenvalue weighted by atomic mass is 79.9. The van der Waals surface area contributed by atoms with Gasteiger partial charge in [0, 0.05) is 21.8 Å². The summed E-state index contributed by atoms with van der Waals surface area (Å²) in [5.41, 5.74) is 4.06. The maximum absolute atomic E-state index is 5.88. The lowest BCUT2D eigenvalue weighted by atomic mass is 10.1. The van der Waals surface area contributed by atoms with Crippen molar-refractivity contribution in [2.24, 2.45) is 0 Å². The van der Waals surface area contributed by atoms with Gasteiger partial charge in [-0.25, -0.2) is 0 Å².